The van der Waals surface area contributed by atoms with E-state index in [1.165, 1.54) is 0 Å². The standard InChI is InChI=1S/C18H30N2O4/c1-4-23-11-12-24-18(21)16(13-19)15-7-5-8-17(14(15)2)20-9-6-10-22-3/h14,17,20H,4-12H2,1-3H3/b16-15-. The summed E-state index contributed by atoms with van der Waals surface area (Å²) in [4.78, 5) is 12.2. The second kappa shape index (κ2) is 12.0. The first kappa shape index (κ1) is 20.6. The zero-order chi connectivity index (χ0) is 17.8. The van der Waals surface area contributed by atoms with E-state index in [0.717, 1.165) is 44.4 Å². The molecule has 1 N–H and O–H groups in total. The highest BCUT2D eigenvalue weighted by molar-refractivity contribution is 5.93. The summed E-state index contributed by atoms with van der Waals surface area (Å²) >= 11 is 0. The molecule has 2 unspecified atom stereocenters. The predicted octanol–water partition coefficient (Wildman–Crippen LogP) is 2.20. The third kappa shape index (κ3) is 6.60. The Kier molecular flexibility index (Phi) is 10.3. The van der Waals surface area contributed by atoms with Gasteiger partial charge >= 0.3 is 5.97 Å². The van der Waals surface area contributed by atoms with Crippen LogP contribution in [-0.2, 0) is 19.0 Å². The van der Waals surface area contributed by atoms with E-state index in [0.29, 0.717) is 13.2 Å². The molecule has 2 atom stereocenters. The van der Waals surface area contributed by atoms with Crippen molar-refractivity contribution in [1.82, 2.24) is 5.32 Å². The highest BCUT2D eigenvalue weighted by Crippen LogP contribution is 2.32. The van der Waals surface area contributed by atoms with E-state index < -0.39 is 5.97 Å². The van der Waals surface area contributed by atoms with Gasteiger partial charge in [0.15, 0.2) is 0 Å². The van der Waals surface area contributed by atoms with Gasteiger partial charge in [0.25, 0.3) is 0 Å². The van der Waals surface area contributed by atoms with Crippen LogP contribution in [0.25, 0.3) is 0 Å². The van der Waals surface area contributed by atoms with Crippen LogP contribution >= 0.6 is 0 Å². The molecule has 1 fully saturated rings. The van der Waals surface area contributed by atoms with Gasteiger partial charge in [-0.3, -0.25) is 0 Å². The minimum atomic E-state index is -0.529. The fourth-order valence-corrected chi connectivity index (χ4v) is 3.03. The predicted molar refractivity (Wildman–Crippen MR) is 91.4 cm³/mol. The zero-order valence-electron chi connectivity index (χ0n) is 15.1. The number of ether oxygens (including phenoxy) is 3. The number of carbonyl (C=O) groups excluding carboxylic acids is 1. The van der Waals surface area contributed by atoms with Crippen molar-refractivity contribution in [3.63, 3.8) is 0 Å². The molecule has 0 aromatic carbocycles. The largest absolute Gasteiger partial charge is 0.459 e. The molecule has 6 heteroatoms. The highest BCUT2D eigenvalue weighted by atomic mass is 16.6. The van der Waals surface area contributed by atoms with Gasteiger partial charge in [-0.25, -0.2) is 4.79 Å². The van der Waals surface area contributed by atoms with Crippen molar-refractivity contribution in [2.45, 2.75) is 45.6 Å². The molecule has 0 aromatic rings. The lowest BCUT2D eigenvalue weighted by atomic mass is 9.79. The molecule has 1 aliphatic carbocycles. The van der Waals surface area contributed by atoms with Crippen molar-refractivity contribution in [3.05, 3.63) is 11.1 Å². The minimum Gasteiger partial charge on any atom is -0.459 e. The molecule has 6 nitrogen and oxygen atoms in total. The van der Waals surface area contributed by atoms with Crippen molar-refractivity contribution in [2.24, 2.45) is 5.92 Å². The number of nitrogens with one attached hydrogen (secondary N) is 1. The van der Waals surface area contributed by atoms with Gasteiger partial charge in [-0.1, -0.05) is 6.92 Å². The molecule has 1 aliphatic rings. The summed E-state index contributed by atoms with van der Waals surface area (Å²) in [6.45, 7) is 6.68. The molecule has 0 aliphatic heterocycles. The summed E-state index contributed by atoms with van der Waals surface area (Å²) in [6.07, 6.45) is 3.75. The number of hydrogen-bond acceptors (Lipinski definition) is 6. The van der Waals surface area contributed by atoms with E-state index in [1.807, 2.05) is 6.92 Å². The third-order valence-electron chi connectivity index (χ3n) is 4.35. The quantitative estimate of drug-likeness (QED) is 0.285. The van der Waals surface area contributed by atoms with Gasteiger partial charge in [-0.2, -0.15) is 5.26 Å². The van der Waals surface area contributed by atoms with E-state index in [-0.39, 0.29) is 24.1 Å². The first-order valence-electron chi connectivity index (χ1n) is 8.76. The first-order valence-corrected chi connectivity index (χ1v) is 8.76. The van der Waals surface area contributed by atoms with Gasteiger partial charge in [0.05, 0.1) is 6.61 Å². The Bertz CT molecular complexity index is 456. The van der Waals surface area contributed by atoms with Gasteiger partial charge < -0.3 is 19.5 Å². The van der Waals surface area contributed by atoms with Crippen molar-refractivity contribution in [2.75, 3.05) is 40.1 Å². The monoisotopic (exact) mass is 338 g/mol. The number of nitriles is 1. The summed E-state index contributed by atoms with van der Waals surface area (Å²) in [6, 6.07) is 2.34. The SMILES string of the molecule is CCOCCOC(=O)/C(C#N)=C1/CCCC(NCCCOC)C1C. The Labute approximate surface area is 145 Å². The second-order valence-corrected chi connectivity index (χ2v) is 5.93. The lowest BCUT2D eigenvalue weighted by molar-refractivity contribution is -0.140. The van der Waals surface area contributed by atoms with Crippen LogP contribution in [0.4, 0.5) is 0 Å². The second-order valence-electron chi connectivity index (χ2n) is 5.93. The minimum absolute atomic E-state index is 0.149. The molecular formula is C18H30N2O4. The fourth-order valence-electron chi connectivity index (χ4n) is 3.03. The Hall–Kier alpha value is -1.42. The molecule has 0 heterocycles. The average Bonchev–Trinajstić information content (AvgIpc) is 2.59. The first-order chi connectivity index (χ1) is 11.7. The third-order valence-corrected chi connectivity index (χ3v) is 4.35. The van der Waals surface area contributed by atoms with Crippen LogP contribution < -0.4 is 5.32 Å². The van der Waals surface area contributed by atoms with E-state index in [9.17, 15) is 10.1 Å². The lowest BCUT2D eigenvalue weighted by Gasteiger charge is -2.32. The van der Waals surface area contributed by atoms with E-state index in [4.69, 9.17) is 14.2 Å². The van der Waals surface area contributed by atoms with Crippen molar-refractivity contribution < 1.29 is 19.0 Å². The van der Waals surface area contributed by atoms with Gasteiger partial charge in [0.2, 0.25) is 0 Å². The summed E-state index contributed by atoms with van der Waals surface area (Å²) in [5, 5.41) is 12.9. The number of rotatable bonds is 10. The van der Waals surface area contributed by atoms with Gasteiger partial charge in [-0.05, 0) is 50.6 Å². The van der Waals surface area contributed by atoms with Crippen LogP contribution in [0.1, 0.15) is 39.5 Å². The van der Waals surface area contributed by atoms with Gasteiger partial charge in [0.1, 0.15) is 18.2 Å². The van der Waals surface area contributed by atoms with Crippen LogP contribution in [0, 0.1) is 17.2 Å². The molecule has 0 saturated heterocycles. The number of hydrogen-bond donors (Lipinski definition) is 1. The van der Waals surface area contributed by atoms with Gasteiger partial charge in [-0.15, -0.1) is 0 Å². The van der Waals surface area contributed by atoms with Crippen LogP contribution in [0.2, 0.25) is 0 Å². The topological polar surface area (TPSA) is 80.6 Å². The maximum atomic E-state index is 12.2. The Balaban J connectivity index is 2.65. The van der Waals surface area contributed by atoms with Crippen LogP contribution in [-0.4, -0.2) is 52.1 Å². The lowest BCUT2D eigenvalue weighted by Crippen LogP contribution is -2.39. The molecule has 0 amide bonds. The molecule has 1 rings (SSSR count). The molecule has 0 aromatic heterocycles. The van der Waals surface area contributed by atoms with E-state index in [1.54, 1.807) is 7.11 Å². The van der Waals surface area contributed by atoms with Gasteiger partial charge in [0, 0.05) is 26.4 Å². The van der Waals surface area contributed by atoms with E-state index >= 15 is 0 Å². The molecule has 1 saturated carbocycles. The van der Waals surface area contributed by atoms with Crippen LogP contribution in [0.3, 0.4) is 0 Å². The number of esters is 1. The molecule has 0 spiro atoms. The maximum absolute atomic E-state index is 12.2. The fraction of sp³-hybridized carbons (Fsp3) is 0.778. The van der Waals surface area contributed by atoms with Crippen LogP contribution in [0.5, 0.6) is 0 Å². The Morgan fingerprint density at radius 3 is 2.83 bits per heavy atom. The average molecular weight is 338 g/mol. The Morgan fingerprint density at radius 2 is 2.17 bits per heavy atom. The number of carbonyl (C=O) groups is 1. The highest BCUT2D eigenvalue weighted by Gasteiger charge is 2.29. The van der Waals surface area contributed by atoms with Crippen molar-refractivity contribution in [1.29, 1.82) is 5.26 Å². The summed E-state index contributed by atoms with van der Waals surface area (Å²) < 4.78 is 15.4. The maximum Gasteiger partial charge on any atom is 0.348 e. The number of methoxy groups -OCH3 is 1. The molecule has 0 bridgehead atoms. The van der Waals surface area contributed by atoms with Crippen LogP contribution in [0.15, 0.2) is 11.1 Å². The summed E-state index contributed by atoms with van der Waals surface area (Å²) in [7, 11) is 1.69. The normalized spacial score (nSPS) is 22.8. The molecule has 24 heavy (non-hydrogen) atoms. The smallest absolute Gasteiger partial charge is 0.348 e. The zero-order valence-corrected chi connectivity index (χ0v) is 15.1. The van der Waals surface area contributed by atoms with E-state index in [2.05, 4.69) is 18.3 Å². The molecular weight excluding hydrogens is 308 g/mol. The van der Waals surface area contributed by atoms with Crippen molar-refractivity contribution in [3.8, 4) is 6.07 Å². The summed E-state index contributed by atoms with van der Waals surface area (Å²) in [5.74, 6) is -0.380. The van der Waals surface area contributed by atoms with Crippen molar-refractivity contribution >= 4 is 5.97 Å². The Morgan fingerprint density at radius 1 is 1.38 bits per heavy atom. The number of nitrogens with zero attached hydrogens (tertiary/aromatic N) is 1. The molecule has 0 radical (unpaired) electrons. The molecule has 136 valence electrons. The summed E-state index contributed by atoms with van der Waals surface area (Å²) in [5.41, 5.74) is 1.08.